The smallest absolute Gasteiger partial charge is 0.276 e. The molecule has 1 aliphatic heterocycles. The zero-order valence-electron chi connectivity index (χ0n) is 10.5. The Labute approximate surface area is 101 Å². The van der Waals surface area contributed by atoms with Gasteiger partial charge in [0.2, 0.25) is 0 Å². The summed E-state index contributed by atoms with van der Waals surface area (Å²) in [5.74, 6) is 0.966. The monoisotopic (exact) mass is 234 g/mol. The van der Waals surface area contributed by atoms with Crippen LogP contribution in [0.4, 0.5) is 0 Å². The van der Waals surface area contributed by atoms with Crippen LogP contribution in [0.15, 0.2) is 22.7 Å². The van der Waals surface area contributed by atoms with Gasteiger partial charge in [0, 0.05) is 18.5 Å². The van der Waals surface area contributed by atoms with Crippen molar-refractivity contribution >= 4 is 5.91 Å². The number of nitrogens with zero attached hydrogens (tertiary/aromatic N) is 2. The quantitative estimate of drug-likeness (QED) is 0.755. The van der Waals surface area contributed by atoms with Gasteiger partial charge in [-0.1, -0.05) is 38.1 Å². The maximum Gasteiger partial charge on any atom is 0.276 e. The van der Waals surface area contributed by atoms with Crippen molar-refractivity contribution in [3.63, 3.8) is 0 Å². The van der Waals surface area contributed by atoms with E-state index in [2.05, 4.69) is 18.2 Å². The molecule has 1 aromatic rings. The molecule has 0 aliphatic carbocycles. The van der Waals surface area contributed by atoms with Gasteiger partial charge >= 0.3 is 0 Å². The van der Waals surface area contributed by atoms with Crippen LogP contribution in [0, 0.1) is 0 Å². The van der Waals surface area contributed by atoms with Crippen molar-refractivity contribution < 1.29 is 9.32 Å². The number of hydrogen-bond donors (Lipinski definition) is 0. The van der Waals surface area contributed by atoms with Gasteiger partial charge < -0.3 is 9.42 Å². The fourth-order valence-corrected chi connectivity index (χ4v) is 1.97. The Kier molecular flexibility index (Phi) is 3.31. The van der Waals surface area contributed by atoms with Crippen LogP contribution in [0.3, 0.4) is 0 Å². The second kappa shape index (κ2) is 4.73. The fraction of sp³-hybridized carbons (Fsp3) is 0.538. The van der Waals surface area contributed by atoms with Gasteiger partial charge in [0.15, 0.2) is 5.69 Å². The lowest BCUT2D eigenvalue weighted by molar-refractivity contribution is 0.0737. The van der Waals surface area contributed by atoms with E-state index in [0.29, 0.717) is 12.2 Å². The molecule has 1 amide bonds. The average Bonchev–Trinajstić information content (AvgIpc) is 2.96. The summed E-state index contributed by atoms with van der Waals surface area (Å²) in [6.07, 6.45) is 5.02. The van der Waals surface area contributed by atoms with E-state index in [0.717, 1.165) is 12.2 Å². The third-order valence-electron chi connectivity index (χ3n) is 3.06. The molecule has 0 bridgehead atoms. The predicted molar refractivity (Wildman–Crippen MR) is 64.8 cm³/mol. The Morgan fingerprint density at radius 3 is 3.00 bits per heavy atom. The molecule has 4 heteroatoms. The first kappa shape index (κ1) is 11.9. The van der Waals surface area contributed by atoms with Crippen molar-refractivity contribution in [2.75, 3.05) is 6.54 Å². The number of rotatable bonds is 3. The number of amides is 1. The lowest BCUT2D eigenvalue weighted by Gasteiger charge is -2.22. The minimum atomic E-state index is -0.0440. The van der Waals surface area contributed by atoms with Crippen molar-refractivity contribution in [2.24, 2.45) is 0 Å². The van der Waals surface area contributed by atoms with E-state index < -0.39 is 0 Å². The van der Waals surface area contributed by atoms with Crippen molar-refractivity contribution in [1.82, 2.24) is 10.1 Å². The maximum absolute atomic E-state index is 12.2. The minimum absolute atomic E-state index is 0.0440. The highest BCUT2D eigenvalue weighted by atomic mass is 16.5. The first-order valence-corrected chi connectivity index (χ1v) is 6.07. The Morgan fingerprint density at radius 2 is 2.41 bits per heavy atom. The molecule has 0 aromatic carbocycles. The van der Waals surface area contributed by atoms with E-state index in [1.807, 2.05) is 24.8 Å². The van der Waals surface area contributed by atoms with Crippen LogP contribution in [-0.2, 0) is 0 Å². The number of carbonyl (C=O) groups is 1. The maximum atomic E-state index is 12.2. The van der Waals surface area contributed by atoms with Gasteiger partial charge in [-0.15, -0.1) is 0 Å². The number of hydrogen-bond acceptors (Lipinski definition) is 3. The molecule has 17 heavy (non-hydrogen) atoms. The summed E-state index contributed by atoms with van der Waals surface area (Å²) in [7, 11) is 0. The van der Waals surface area contributed by atoms with Gasteiger partial charge in [0.05, 0.1) is 6.04 Å². The van der Waals surface area contributed by atoms with Crippen molar-refractivity contribution in [1.29, 1.82) is 0 Å². The molecule has 4 nitrogen and oxygen atoms in total. The van der Waals surface area contributed by atoms with E-state index in [-0.39, 0.29) is 17.9 Å². The van der Waals surface area contributed by atoms with E-state index in [4.69, 9.17) is 4.52 Å². The highest BCUT2D eigenvalue weighted by molar-refractivity contribution is 5.93. The Morgan fingerprint density at radius 1 is 1.65 bits per heavy atom. The molecule has 92 valence electrons. The zero-order valence-corrected chi connectivity index (χ0v) is 10.5. The number of carbonyl (C=O) groups excluding carboxylic acids is 1. The summed E-state index contributed by atoms with van der Waals surface area (Å²) in [5.41, 5.74) is 0.413. The summed E-state index contributed by atoms with van der Waals surface area (Å²) in [6.45, 7) is 6.77. The molecular formula is C13H18N2O2. The summed E-state index contributed by atoms with van der Waals surface area (Å²) in [6, 6.07) is 1.94. The van der Waals surface area contributed by atoms with Gasteiger partial charge in [0.1, 0.15) is 5.76 Å². The number of aromatic nitrogens is 1. The molecule has 0 N–H and O–H groups in total. The Balaban J connectivity index is 2.14. The van der Waals surface area contributed by atoms with Crippen LogP contribution in [0.25, 0.3) is 0 Å². The van der Waals surface area contributed by atoms with Crippen LogP contribution < -0.4 is 0 Å². The van der Waals surface area contributed by atoms with Crippen LogP contribution in [0.5, 0.6) is 0 Å². The molecule has 0 radical (unpaired) electrons. The van der Waals surface area contributed by atoms with E-state index >= 15 is 0 Å². The van der Waals surface area contributed by atoms with Crippen molar-refractivity contribution in [3.05, 3.63) is 29.7 Å². The molecule has 0 fully saturated rings. The fourth-order valence-electron chi connectivity index (χ4n) is 1.97. The summed E-state index contributed by atoms with van der Waals surface area (Å²) >= 11 is 0. The van der Waals surface area contributed by atoms with Gasteiger partial charge in [-0.2, -0.15) is 0 Å². The molecule has 0 unspecified atom stereocenters. The molecule has 0 spiro atoms. The highest BCUT2D eigenvalue weighted by Gasteiger charge is 2.26. The van der Waals surface area contributed by atoms with Gasteiger partial charge in [-0.3, -0.25) is 4.79 Å². The average molecular weight is 234 g/mol. The zero-order chi connectivity index (χ0) is 12.4. The van der Waals surface area contributed by atoms with E-state index in [1.165, 1.54) is 0 Å². The van der Waals surface area contributed by atoms with E-state index in [1.54, 1.807) is 6.07 Å². The lowest BCUT2D eigenvalue weighted by atomic mass is 10.1. The Hall–Kier alpha value is -1.58. The largest absolute Gasteiger partial charge is 0.360 e. The van der Waals surface area contributed by atoms with Crippen molar-refractivity contribution in [2.45, 2.75) is 39.2 Å². The Bertz CT molecular complexity index is 434. The van der Waals surface area contributed by atoms with Gasteiger partial charge in [0.25, 0.3) is 5.91 Å². The summed E-state index contributed by atoms with van der Waals surface area (Å²) in [5, 5.41) is 3.86. The lowest BCUT2D eigenvalue weighted by Crippen LogP contribution is -2.35. The third-order valence-corrected chi connectivity index (χ3v) is 3.06. The first-order chi connectivity index (χ1) is 8.13. The summed E-state index contributed by atoms with van der Waals surface area (Å²) in [4.78, 5) is 14.0. The van der Waals surface area contributed by atoms with Crippen LogP contribution in [-0.4, -0.2) is 28.6 Å². The summed E-state index contributed by atoms with van der Waals surface area (Å²) < 4.78 is 5.16. The van der Waals surface area contributed by atoms with Crippen LogP contribution in [0.2, 0.25) is 0 Å². The standard InChI is InChI=1S/C13H18N2O2/c1-4-10-6-5-7-15(10)13(16)11-8-12(9(2)3)17-14-11/h5-6,8-10H,4,7H2,1-3H3/t10-/m1/s1. The minimum Gasteiger partial charge on any atom is -0.360 e. The second-order valence-corrected chi connectivity index (χ2v) is 4.63. The SMILES string of the molecule is CC[C@@H]1C=CCN1C(=O)c1cc(C(C)C)on1. The molecule has 2 heterocycles. The second-order valence-electron chi connectivity index (χ2n) is 4.63. The normalized spacial score (nSPS) is 19.3. The first-order valence-electron chi connectivity index (χ1n) is 6.07. The molecular weight excluding hydrogens is 216 g/mol. The molecule has 2 rings (SSSR count). The molecule has 0 saturated heterocycles. The van der Waals surface area contributed by atoms with Crippen molar-refractivity contribution in [3.8, 4) is 0 Å². The van der Waals surface area contributed by atoms with Gasteiger partial charge in [-0.25, -0.2) is 0 Å². The molecule has 1 atom stereocenters. The molecule has 1 aliphatic rings. The molecule has 1 aromatic heterocycles. The predicted octanol–water partition coefficient (Wildman–Crippen LogP) is 2.59. The topological polar surface area (TPSA) is 46.3 Å². The van der Waals surface area contributed by atoms with Crippen LogP contribution in [0.1, 0.15) is 49.4 Å². The van der Waals surface area contributed by atoms with E-state index in [9.17, 15) is 4.79 Å². The third kappa shape index (κ3) is 2.25. The highest BCUT2D eigenvalue weighted by Crippen LogP contribution is 2.19. The molecule has 0 saturated carbocycles. The van der Waals surface area contributed by atoms with Gasteiger partial charge in [-0.05, 0) is 6.42 Å². The van der Waals surface area contributed by atoms with Crippen LogP contribution >= 0.6 is 0 Å².